The van der Waals surface area contributed by atoms with Crippen LogP contribution in [-0.2, 0) is 6.42 Å². The summed E-state index contributed by atoms with van der Waals surface area (Å²) in [5.74, 6) is 1.71. The molecule has 1 aliphatic heterocycles. The molecule has 1 aromatic rings. The Hall–Kier alpha value is -1.62. The summed E-state index contributed by atoms with van der Waals surface area (Å²) in [6, 6.07) is 8.11. The zero-order valence-electron chi connectivity index (χ0n) is 11.2. The normalized spacial score (nSPS) is 19.0. The number of aliphatic imine (C=N–C) groups is 1. The second kappa shape index (κ2) is 6.02. The number of nitrogens with two attached hydrogens (primary N) is 1. The van der Waals surface area contributed by atoms with Gasteiger partial charge in [0.05, 0.1) is 6.10 Å². The molecule has 1 unspecified atom stereocenters. The predicted octanol–water partition coefficient (Wildman–Crippen LogP) is 1.88. The van der Waals surface area contributed by atoms with Crippen molar-refractivity contribution in [1.29, 1.82) is 0 Å². The minimum Gasteiger partial charge on any atom is -0.491 e. The summed E-state index contributed by atoms with van der Waals surface area (Å²) in [5.41, 5.74) is 7.13. The van der Waals surface area contributed by atoms with Crippen molar-refractivity contribution in [2.45, 2.75) is 26.4 Å². The first-order valence-corrected chi connectivity index (χ1v) is 6.83. The largest absolute Gasteiger partial charge is 0.491 e. The number of thiocarbonyl (C=S) groups is 1. The Labute approximate surface area is 119 Å². The van der Waals surface area contributed by atoms with Gasteiger partial charge in [0.1, 0.15) is 11.6 Å². The van der Waals surface area contributed by atoms with Crippen LogP contribution in [0.2, 0.25) is 0 Å². The lowest BCUT2D eigenvalue weighted by Gasteiger charge is -2.22. The smallest absolute Gasteiger partial charge is 0.194 e. The maximum atomic E-state index is 5.91. The van der Waals surface area contributed by atoms with Crippen LogP contribution in [0.25, 0.3) is 0 Å². The molecule has 0 fully saturated rings. The third-order valence-electron chi connectivity index (χ3n) is 2.93. The van der Waals surface area contributed by atoms with E-state index in [-0.39, 0.29) is 12.0 Å². The van der Waals surface area contributed by atoms with Gasteiger partial charge in [-0.25, -0.2) is 4.99 Å². The molecule has 5 heteroatoms. The van der Waals surface area contributed by atoms with Crippen molar-refractivity contribution in [3.05, 3.63) is 29.8 Å². The molecule has 0 saturated heterocycles. The predicted molar refractivity (Wildman–Crippen MR) is 81.6 cm³/mol. The molecule has 102 valence electrons. The van der Waals surface area contributed by atoms with E-state index < -0.39 is 0 Å². The molecule has 1 aromatic carbocycles. The lowest BCUT2D eigenvalue weighted by atomic mass is 9.97. The van der Waals surface area contributed by atoms with Crippen molar-refractivity contribution >= 4 is 23.2 Å². The highest BCUT2D eigenvalue weighted by Crippen LogP contribution is 2.17. The minimum absolute atomic E-state index is 0.192. The number of benzene rings is 1. The molecule has 0 aromatic heterocycles. The lowest BCUT2D eigenvalue weighted by Crippen LogP contribution is -2.42. The molecule has 19 heavy (non-hydrogen) atoms. The fraction of sp³-hybridized carbons (Fsp3) is 0.429. The summed E-state index contributed by atoms with van der Waals surface area (Å²) in [6.45, 7) is 4.78. The monoisotopic (exact) mass is 277 g/mol. The van der Waals surface area contributed by atoms with Gasteiger partial charge in [0, 0.05) is 12.5 Å². The zero-order valence-corrected chi connectivity index (χ0v) is 12.0. The van der Waals surface area contributed by atoms with E-state index in [1.165, 1.54) is 5.56 Å². The van der Waals surface area contributed by atoms with Gasteiger partial charge < -0.3 is 15.8 Å². The van der Waals surface area contributed by atoms with Gasteiger partial charge in [-0.05, 0) is 50.2 Å². The number of amidine groups is 1. The molecule has 0 saturated carbocycles. The van der Waals surface area contributed by atoms with E-state index in [0.29, 0.717) is 10.9 Å². The maximum absolute atomic E-state index is 5.91. The van der Waals surface area contributed by atoms with Crippen LogP contribution in [0.5, 0.6) is 5.75 Å². The van der Waals surface area contributed by atoms with Gasteiger partial charge in [0.15, 0.2) is 5.11 Å². The Morgan fingerprint density at radius 1 is 1.42 bits per heavy atom. The van der Waals surface area contributed by atoms with E-state index >= 15 is 0 Å². The average molecular weight is 277 g/mol. The Morgan fingerprint density at radius 3 is 2.68 bits per heavy atom. The van der Waals surface area contributed by atoms with Gasteiger partial charge in [-0.3, -0.25) is 0 Å². The highest BCUT2D eigenvalue weighted by Gasteiger charge is 2.19. The van der Waals surface area contributed by atoms with Gasteiger partial charge >= 0.3 is 0 Å². The van der Waals surface area contributed by atoms with Crippen LogP contribution in [0.1, 0.15) is 19.4 Å². The van der Waals surface area contributed by atoms with Crippen LogP contribution >= 0.6 is 12.2 Å². The number of nitrogens with zero attached hydrogens (tertiary/aromatic N) is 1. The molecular weight excluding hydrogens is 258 g/mol. The van der Waals surface area contributed by atoms with E-state index in [1.807, 2.05) is 26.0 Å². The van der Waals surface area contributed by atoms with Crippen molar-refractivity contribution in [3.63, 3.8) is 0 Å². The molecule has 0 aliphatic carbocycles. The van der Waals surface area contributed by atoms with Crippen LogP contribution in [0.4, 0.5) is 0 Å². The van der Waals surface area contributed by atoms with Crippen molar-refractivity contribution in [2.24, 2.45) is 16.6 Å². The fourth-order valence-corrected chi connectivity index (χ4v) is 2.19. The summed E-state index contributed by atoms with van der Waals surface area (Å²) in [5, 5.41) is 3.54. The van der Waals surface area contributed by atoms with Crippen molar-refractivity contribution in [1.82, 2.24) is 5.32 Å². The molecule has 1 aliphatic rings. The zero-order chi connectivity index (χ0) is 13.8. The maximum Gasteiger partial charge on any atom is 0.194 e. The first-order chi connectivity index (χ1) is 9.04. The van der Waals surface area contributed by atoms with E-state index in [2.05, 4.69) is 22.4 Å². The molecule has 0 spiro atoms. The first kappa shape index (κ1) is 13.8. The van der Waals surface area contributed by atoms with E-state index in [1.54, 1.807) is 0 Å². The van der Waals surface area contributed by atoms with E-state index in [0.717, 1.165) is 18.7 Å². The Bertz CT molecular complexity index is 482. The second-order valence-electron chi connectivity index (χ2n) is 4.93. The summed E-state index contributed by atoms with van der Waals surface area (Å²) >= 11 is 4.96. The molecule has 0 amide bonds. The number of nitrogens with one attached hydrogen (secondary N) is 1. The highest BCUT2D eigenvalue weighted by atomic mass is 32.1. The Morgan fingerprint density at radius 2 is 2.11 bits per heavy atom. The van der Waals surface area contributed by atoms with Gasteiger partial charge in [0.2, 0.25) is 0 Å². The van der Waals surface area contributed by atoms with Gasteiger partial charge in [-0.1, -0.05) is 12.1 Å². The third-order valence-corrected chi connectivity index (χ3v) is 3.16. The fourth-order valence-electron chi connectivity index (χ4n) is 2.00. The van der Waals surface area contributed by atoms with Crippen molar-refractivity contribution in [2.75, 3.05) is 6.54 Å². The molecule has 1 heterocycles. The first-order valence-electron chi connectivity index (χ1n) is 6.42. The lowest BCUT2D eigenvalue weighted by molar-refractivity contribution is 0.242. The molecule has 2 rings (SSSR count). The second-order valence-corrected chi connectivity index (χ2v) is 5.32. The summed E-state index contributed by atoms with van der Waals surface area (Å²) < 4.78 is 5.62. The SMILES string of the molecule is CC(C)Oc1ccc(CC2CNC(=S)N=C2N)cc1. The van der Waals surface area contributed by atoms with Crippen LogP contribution in [0.15, 0.2) is 29.3 Å². The molecule has 0 radical (unpaired) electrons. The van der Waals surface area contributed by atoms with Gasteiger partial charge in [-0.2, -0.15) is 0 Å². The Balaban J connectivity index is 2.00. The van der Waals surface area contributed by atoms with Gasteiger partial charge in [-0.15, -0.1) is 0 Å². The molecule has 1 atom stereocenters. The summed E-state index contributed by atoms with van der Waals surface area (Å²) in [7, 11) is 0. The van der Waals surface area contributed by atoms with Gasteiger partial charge in [0.25, 0.3) is 0 Å². The molecule has 4 nitrogen and oxygen atoms in total. The number of hydrogen-bond acceptors (Lipinski definition) is 3. The molecular formula is C14H19N3OS. The number of hydrogen-bond donors (Lipinski definition) is 2. The van der Waals surface area contributed by atoms with E-state index in [9.17, 15) is 0 Å². The quantitative estimate of drug-likeness (QED) is 0.825. The molecule has 3 N–H and O–H groups in total. The average Bonchev–Trinajstić information content (AvgIpc) is 2.34. The van der Waals surface area contributed by atoms with Crippen LogP contribution in [0, 0.1) is 5.92 Å². The third kappa shape index (κ3) is 3.92. The molecule has 0 bridgehead atoms. The van der Waals surface area contributed by atoms with Crippen molar-refractivity contribution < 1.29 is 4.74 Å². The standard InChI is InChI=1S/C14H19N3OS/c1-9(2)18-12-5-3-10(4-6-12)7-11-8-16-14(19)17-13(11)15/h3-6,9,11H,7-8H2,1-2H3,(H3,15,16,17,19). The Kier molecular flexibility index (Phi) is 4.37. The minimum atomic E-state index is 0.192. The van der Waals surface area contributed by atoms with Crippen LogP contribution < -0.4 is 15.8 Å². The topological polar surface area (TPSA) is 59.6 Å². The number of rotatable bonds is 4. The summed E-state index contributed by atoms with van der Waals surface area (Å²) in [4.78, 5) is 4.11. The van der Waals surface area contributed by atoms with Crippen LogP contribution in [0.3, 0.4) is 0 Å². The number of ether oxygens (including phenoxy) is 1. The highest BCUT2D eigenvalue weighted by molar-refractivity contribution is 7.80. The van der Waals surface area contributed by atoms with Crippen molar-refractivity contribution in [3.8, 4) is 5.75 Å². The van der Waals surface area contributed by atoms with E-state index in [4.69, 9.17) is 22.7 Å². The van der Waals surface area contributed by atoms with Crippen LogP contribution in [-0.4, -0.2) is 23.6 Å². The summed E-state index contributed by atoms with van der Waals surface area (Å²) in [6.07, 6.45) is 1.05.